The molecule has 0 unspecified atom stereocenters. The van der Waals surface area contributed by atoms with E-state index in [1.807, 2.05) is 24.3 Å². The molecule has 3 aromatic carbocycles. The Balaban J connectivity index is 1.63. The fraction of sp³-hybridized carbons (Fsp3) is 0.125. The molecule has 0 saturated carbocycles. The molecule has 6 nitrogen and oxygen atoms in total. The average molecular weight is 431 g/mol. The Kier molecular flexibility index (Phi) is 4.51. The van der Waals surface area contributed by atoms with Crippen molar-refractivity contribution in [2.45, 2.75) is 20.0 Å². The number of hydrogen-bond donors (Lipinski definition) is 2. The Morgan fingerprint density at radius 2 is 1.69 bits per heavy atom. The maximum absolute atomic E-state index is 14.1. The minimum atomic E-state index is -0.994. The first-order chi connectivity index (χ1) is 15.3. The minimum Gasteiger partial charge on any atom is -0.398 e. The Morgan fingerprint density at radius 1 is 1.00 bits per heavy atom. The van der Waals surface area contributed by atoms with Crippen LogP contribution in [-0.4, -0.2) is 20.8 Å². The van der Waals surface area contributed by atoms with Gasteiger partial charge in [-0.15, -0.1) is 0 Å². The number of hydrogen-bond acceptors (Lipinski definition) is 5. The van der Waals surface area contributed by atoms with E-state index in [4.69, 9.17) is 11.5 Å². The van der Waals surface area contributed by atoms with E-state index < -0.39 is 11.6 Å². The second-order valence-electron chi connectivity index (χ2n) is 7.85. The lowest BCUT2D eigenvalue weighted by Gasteiger charge is -2.17. The van der Waals surface area contributed by atoms with E-state index >= 15 is 0 Å². The van der Waals surface area contributed by atoms with Crippen LogP contribution in [0.5, 0.6) is 0 Å². The Bertz CT molecular complexity index is 1390. The summed E-state index contributed by atoms with van der Waals surface area (Å²) in [5.74, 6) is -2.28. The smallest absolute Gasteiger partial charge is 0.273 e. The zero-order valence-electron chi connectivity index (χ0n) is 17.2. The normalized spacial score (nSPS) is 12.9. The molecule has 1 aliphatic heterocycles. The van der Waals surface area contributed by atoms with Crippen molar-refractivity contribution in [3.63, 3.8) is 0 Å². The van der Waals surface area contributed by atoms with Gasteiger partial charge in [-0.05, 0) is 41.8 Å². The first kappa shape index (κ1) is 19.9. The summed E-state index contributed by atoms with van der Waals surface area (Å²) in [6.07, 6.45) is 0. The second kappa shape index (κ2) is 7.26. The molecule has 0 aliphatic carbocycles. The molecule has 1 aliphatic rings. The van der Waals surface area contributed by atoms with Gasteiger partial charge in [0.15, 0.2) is 11.6 Å². The van der Waals surface area contributed by atoms with Crippen molar-refractivity contribution in [3.05, 3.63) is 82.5 Å². The predicted molar refractivity (Wildman–Crippen MR) is 118 cm³/mol. The van der Waals surface area contributed by atoms with Gasteiger partial charge in [-0.2, -0.15) is 0 Å². The van der Waals surface area contributed by atoms with Crippen LogP contribution in [0.3, 0.4) is 0 Å². The number of anilines is 2. The third-order valence-corrected chi connectivity index (χ3v) is 5.86. The van der Waals surface area contributed by atoms with Gasteiger partial charge in [-0.1, -0.05) is 30.3 Å². The van der Waals surface area contributed by atoms with Gasteiger partial charge in [0, 0.05) is 35.3 Å². The Hall–Kier alpha value is -4.07. The van der Waals surface area contributed by atoms with E-state index in [-0.39, 0.29) is 28.8 Å². The van der Waals surface area contributed by atoms with Crippen molar-refractivity contribution in [1.29, 1.82) is 0 Å². The third-order valence-electron chi connectivity index (χ3n) is 5.86. The predicted octanol–water partition coefficient (Wildman–Crippen LogP) is 4.20. The number of benzene rings is 3. The molecule has 32 heavy (non-hydrogen) atoms. The second-order valence-corrected chi connectivity index (χ2v) is 7.85. The van der Waals surface area contributed by atoms with Crippen molar-refractivity contribution in [2.75, 3.05) is 11.5 Å². The van der Waals surface area contributed by atoms with Gasteiger partial charge < -0.3 is 16.4 Å². The fourth-order valence-electron chi connectivity index (χ4n) is 4.11. The minimum absolute atomic E-state index is 0.0199. The average Bonchev–Trinajstić information content (AvgIpc) is 3.23. The summed E-state index contributed by atoms with van der Waals surface area (Å²) < 4.78 is 28.0. The summed E-state index contributed by atoms with van der Waals surface area (Å²) in [5, 5.41) is 0.458. The molecule has 0 radical (unpaired) electrons. The first-order valence-corrected chi connectivity index (χ1v) is 10.0. The van der Waals surface area contributed by atoms with E-state index in [9.17, 15) is 13.6 Å². The quantitative estimate of drug-likeness (QED) is 0.464. The number of halogens is 2. The van der Waals surface area contributed by atoms with Gasteiger partial charge in [-0.25, -0.2) is 18.7 Å². The largest absolute Gasteiger partial charge is 0.398 e. The number of nitrogens with two attached hydrogens (primary N) is 2. The first-order valence-electron chi connectivity index (χ1n) is 10.0. The number of nitrogen functional groups attached to an aromatic ring is 2. The van der Waals surface area contributed by atoms with Crippen molar-refractivity contribution >= 4 is 28.4 Å². The zero-order valence-corrected chi connectivity index (χ0v) is 17.2. The fourth-order valence-corrected chi connectivity index (χ4v) is 4.11. The third kappa shape index (κ3) is 3.11. The van der Waals surface area contributed by atoms with Gasteiger partial charge in [0.25, 0.3) is 5.91 Å². The van der Waals surface area contributed by atoms with Crippen LogP contribution in [0.4, 0.5) is 20.4 Å². The zero-order chi connectivity index (χ0) is 22.6. The molecule has 0 bridgehead atoms. The van der Waals surface area contributed by atoms with Crippen LogP contribution in [0.1, 0.15) is 27.2 Å². The molecule has 0 spiro atoms. The summed E-state index contributed by atoms with van der Waals surface area (Å²) >= 11 is 0. The molecule has 4 N–H and O–H groups in total. The maximum Gasteiger partial charge on any atom is 0.273 e. The summed E-state index contributed by atoms with van der Waals surface area (Å²) in [7, 11) is 0. The topological polar surface area (TPSA) is 98.1 Å². The summed E-state index contributed by atoms with van der Waals surface area (Å²) in [6, 6.07) is 13.9. The van der Waals surface area contributed by atoms with Crippen LogP contribution in [0.15, 0.2) is 48.5 Å². The number of fused-ring (bicyclic) bond motifs is 2. The van der Waals surface area contributed by atoms with E-state index in [2.05, 4.69) is 9.97 Å². The number of carbonyl (C=O) groups is 1. The molecule has 0 atom stereocenters. The number of amides is 1. The van der Waals surface area contributed by atoms with E-state index in [0.717, 1.165) is 17.2 Å². The van der Waals surface area contributed by atoms with Gasteiger partial charge in [0.1, 0.15) is 5.69 Å². The lowest BCUT2D eigenvalue weighted by Crippen LogP contribution is -2.27. The molecular formula is C24H19F2N5O. The highest BCUT2D eigenvalue weighted by Crippen LogP contribution is 2.34. The van der Waals surface area contributed by atoms with Crippen molar-refractivity contribution in [3.8, 4) is 11.1 Å². The summed E-state index contributed by atoms with van der Waals surface area (Å²) in [4.78, 5) is 23.5. The van der Waals surface area contributed by atoms with Crippen LogP contribution in [0, 0.1) is 18.6 Å². The molecule has 5 rings (SSSR count). The highest BCUT2D eigenvalue weighted by Gasteiger charge is 2.27. The van der Waals surface area contributed by atoms with Crippen molar-refractivity contribution in [1.82, 2.24) is 14.9 Å². The van der Waals surface area contributed by atoms with Crippen molar-refractivity contribution in [2.24, 2.45) is 0 Å². The van der Waals surface area contributed by atoms with Gasteiger partial charge in [0.2, 0.25) is 5.95 Å². The number of aromatic nitrogens is 2. The van der Waals surface area contributed by atoms with Crippen molar-refractivity contribution < 1.29 is 13.6 Å². The number of carbonyl (C=O) groups excluding carboxylic acids is 1. The molecule has 160 valence electrons. The maximum atomic E-state index is 14.1. The summed E-state index contributed by atoms with van der Waals surface area (Å²) in [6.45, 7) is 2.35. The van der Waals surface area contributed by atoms with Crippen LogP contribution >= 0.6 is 0 Å². The lowest BCUT2D eigenvalue weighted by molar-refractivity contribution is 0.0747. The molecule has 1 amide bonds. The van der Waals surface area contributed by atoms with E-state index in [1.165, 1.54) is 6.92 Å². The molecule has 0 fully saturated rings. The molecule has 1 aromatic heterocycles. The number of rotatable bonds is 2. The van der Waals surface area contributed by atoms with Crippen LogP contribution in [0.2, 0.25) is 0 Å². The Morgan fingerprint density at radius 3 is 2.38 bits per heavy atom. The molecule has 2 heterocycles. The molecule has 8 heteroatoms. The van der Waals surface area contributed by atoms with Gasteiger partial charge in [0.05, 0.1) is 5.52 Å². The molecular weight excluding hydrogens is 412 g/mol. The molecule has 4 aromatic rings. The van der Waals surface area contributed by atoms with E-state index in [0.29, 0.717) is 35.1 Å². The van der Waals surface area contributed by atoms with Gasteiger partial charge in [-0.3, -0.25) is 4.79 Å². The summed E-state index contributed by atoms with van der Waals surface area (Å²) in [5.41, 5.74) is 15.7. The number of nitrogens with zero attached hydrogens (tertiary/aromatic N) is 3. The SMILES string of the molecule is Cc1c(N)c(-c2ccc3nc(N)nc(C(=O)N4Cc5ccccc5C4)c3c2)cc(F)c1F. The highest BCUT2D eigenvalue weighted by molar-refractivity contribution is 6.06. The van der Waals surface area contributed by atoms with Gasteiger partial charge >= 0.3 is 0 Å². The monoisotopic (exact) mass is 431 g/mol. The van der Waals surface area contributed by atoms with Crippen LogP contribution in [0.25, 0.3) is 22.0 Å². The standard InChI is InChI=1S/C24H19F2N5O/c1-12-20(26)18(25)9-16(21(12)27)13-6-7-19-17(8-13)22(30-24(28)29-19)23(32)31-10-14-4-2-3-5-15(14)11-31/h2-9H,10-11,27H2,1H3,(H2,28,29,30). The lowest BCUT2D eigenvalue weighted by atomic mass is 9.98. The molecule has 0 saturated heterocycles. The highest BCUT2D eigenvalue weighted by atomic mass is 19.2. The van der Waals surface area contributed by atoms with E-state index in [1.54, 1.807) is 23.1 Å². The van der Waals surface area contributed by atoms with Crippen LogP contribution in [-0.2, 0) is 13.1 Å². The Labute approximate surface area is 182 Å². The van der Waals surface area contributed by atoms with Crippen LogP contribution < -0.4 is 11.5 Å².